The van der Waals surface area contributed by atoms with Crippen LogP contribution in [0.25, 0.3) is 0 Å². The molecule has 6 nitrogen and oxygen atoms in total. The third-order valence-electron chi connectivity index (χ3n) is 3.50. The van der Waals surface area contributed by atoms with Crippen molar-refractivity contribution < 1.29 is 28.6 Å². The van der Waals surface area contributed by atoms with E-state index in [-0.39, 0.29) is 0 Å². The summed E-state index contributed by atoms with van der Waals surface area (Å²) in [5, 5.41) is 0. The number of esters is 3. The highest BCUT2D eigenvalue weighted by molar-refractivity contribution is 5.85. The predicted octanol–water partition coefficient (Wildman–Crippen LogP) is 2.65. The van der Waals surface area contributed by atoms with Gasteiger partial charge < -0.3 is 14.2 Å². The van der Waals surface area contributed by atoms with Gasteiger partial charge in [0.2, 0.25) is 0 Å². The first-order valence-corrected chi connectivity index (χ1v) is 6.80. The molecule has 0 heterocycles. The van der Waals surface area contributed by atoms with Gasteiger partial charge in [-0.1, -0.05) is 33.6 Å². The average Bonchev–Trinajstić information content (AvgIpc) is 2.52. The lowest BCUT2D eigenvalue weighted by Crippen LogP contribution is -2.55. The van der Waals surface area contributed by atoms with Crippen LogP contribution in [0.3, 0.4) is 0 Å². The van der Waals surface area contributed by atoms with Gasteiger partial charge in [0, 0.05) is 18.2 Å². The van der Waals surface area contributed by atoms with Gasteiger partial charge in [0.05, 0.1) is 5.41 Å². The molecular formula is C16H22O6. The summed E-state index contributed by atoms with van der Waals surface area (Å²) in [5.41, 5.74) is -0.983. The zero-order valence-corrected chi connectivity index (χ0v) is 13.2. The number of hydrogen-bond acceptors (Lipinski definition) is 6. The quantitative estimate of drug-likeness (QED) is 0.370. The Morgan fingerprint density at radius 1 is 0.818 bits per heavy atom. The fourth-order valence-electron chi connectivity index (χ4n) is 1.64. The molecule has 6 heteroatoms. The van der Waals surface area contributed by atoms with E-state index in [2.05, 4.69) is 19.7 Å². The van der Waals surface area contributed by atoms with Gasteiger partial charge in [-0.2, -0.15) is 0 Å². The SMILES string of the molecule is C=CC(=O)OC(OC(=O)C=C)(OC(=O)C=C)C(C)(CC)CC. The molecule has 0 bridgehead atoms. The van der Waals surface area contributed by atoms with Gasteiger partial charge >= 0.3 is 23.9 Å². The Kier molecular flexibility index (Phi) is 7.29. The fraction of sp³-hybridized carbons (Fsp3) is 0.438. The largest absolute Gasteiger partial charge is 0.429 e. The van der Waals surface area contributed by atoms with Gasteiger partial charge in [0.25, 0.3) is 0 Å². The molecule has 0 N–H and O–H groups in total. The first-order valence-electron chi connectivity index (χ1n) is 6.80. The Labute approximate surface area is 130 Å². The molecule has 0 aromatic heterocycles. The molecule has 0 aromatic carbocycles. The standard InChI is InChI=1S/C16H22O6/c1-7-12(17)20-16(21-13(18)8-2,22-14(19)9-3)15(6,10-4)11-5/h7-9H,1-3,10-11H2,4-6H3. The molecule has 0 aliphatic carbocycles. The maximum atomic E-state index is 11.7. The molecular weight excluding hydrogens is 288 g/mol. The van der Waals surface area contributed by atoms with Gasteiger partial charge in [0.15, 0.2) is 0 Å². The smallest absolute Gasteiger partial charge is 0.384 e. The van der Waals surface area contributed by atoms with Gasteiger partial charge in [-0.3, -0.25) is 0 Å². The molecule has 22 heavy (non-hydrogen) atoms. The maximum absolute atomic E-state index is 11.7. The van der Waals surface area contributed by atoms with E-state index in [1.54, 1.807) is 20.8 Å². The van der Waals surface area contributed by atoms with E-state index in [1.807, 2.05) is 0 Å². The molecule has 0 unspecified atom stereocenters. The monoisotopic (exact) mass is 310 g/mol. The molecule has 0 radical (unpaired) electrons. The second-order valence-electron chi connectivity index (χ2n) is 4.70. The molecule has 0 aliphatic heterocycles. The summed E-state index contributed by atoms with van der Waals surface area (Å²) in [6, 6.07) is 0. The van der Waals surface area contributed by atoms with Crippen molar-refractivity contribution >= 4 is 17.9 Å². The van der Waals surface area contributed by atoms with Crippen LogP contribution in [0, 0.1) is 5.41 Å². The third kappa shape index (κ3) is 4.31. The summed E-state index contributed by atoms with van der Waals surface area (Å²) in [6.07, 6.45) is 3.42. The number of carbonyl (C=O) groups is 3. The van der Waals surface area contributed by atoms with Crippen LogP contribution in [0.2, 0.25) is 0 Å². The third-order valence-corrected chi connectivity index (χ3v) is 3.50. The van der Waals surface area contributed by atoms with Crippen molar-refractivity contribution in [2.24, 2.45) is 5.41 Å². The first kappa shape index (κ1) is 19.6. The van der Waals surface area contributed by atoms with E-state index in [9.17, 15) is 14.4 Å². The molecule has 0 saturated carbocycles. The van der Waals surface area contributed by atoms with E-state index >= 15 is 0 Å². The van der Waals surface area contributed by atoms with E-state index in [0.29, 0.717) is 12.8 Å². The number of ether oxygens (including phenoxy) is 3. The Morgan fingerprint density at radius 3 is 1.27 bits per heavy atom. The van der Waals surface area contributed by atoms with E-state index in [1.165, 1.54) is 0 Å². The molecule has 0 atom stereocenters. The van der Waals surface area contributed by atoms with Gasteiger partial charge in [-0.15, -0.1) is 0 Å². The van der Waals surface area contributed by atoms with Gasteiger partial charge in [0.1, 0.15) is 0 Å². The average molecular weight is 310 g/mol. The van der Waals surface area contributed by atoms with Crippen LogP contribution in [0.4, 0.5) is 0 Å². The molecule has 0 aromatic rings. The number of hydrogen-bond donors (Lipinski definition) is 0. The maximum Gasteiger partial charge on any atom is 0.429 e. The molecule has 122 valence electrons. The molecule has 0 aliphatic rings. The van der Waals surface area contributed by atoms with Crippen molar-refractivity contribution in [1.82, 2.24) is 0 Å². The lowest BCUT2D eigenvalue weighted by atomic mass is 9.81. The summed E-state index contributed by atoms with van der Waals surface area (Å²) in [4.78, 5) is 35.0. The minimum Gasteiger partial charge on any atom is -0.384 e. The summed E-state index contributed by atoms with van der Waals surface area (Å²) < 4.78 is 15.4. The highest BCUT2D eigenvalue weighted by atomic mass is 16.9. The van der Waals surface area contributed by atoms with Crippen molar-refractivity contribution in [2.75, 3.05) is 0 Å². The van der Waals surface area contributed by atoms with Crippen molar-refractivity contribution in [2.45, 2.75) is 39.6 Å². The molecule has 0 spiro atoms. The lowest BCUT2D eigenvalue weighted by Gasteiger charge is -2.42. The summed E-state index contributed by atoms with van der Waals surface area (Å²) in [5.74, 6) is -4.94. The molecule has 0 amide bonds. The van der Waals surface area contributed by atoms with Crippen molar-refractivity contribution in [1.29, 1.82) is 0 Å². The van der Waals surface area contributed by atoms with Crippen LogP contribution in [0.15, 0.2) is 38.0 Å². The molecule has 0 rings (SSSR count). The van der Waals surface area contributed by atoms with E-state index in [4.69, 9.17) is 14.2 Å². The summed E-state index contributed by atoms with van der Waals surface area (Å²) in [7, 11) is 0. The second kappa shape index (κ2) is 8.17. The Balaban J connectivity index is 6.08. The van der Waals surface area contributed by atoms with Crippen LogP contribution >= 0.6 is 0 Å². The molecule has 0 saturated heterocycles. The minimum absolute atomic E-state index is 0.392. The predicted molar refractivity (Wildman–Crippen MR) is 80.3 cm³/mol. The van der Waals surface area contributed by atoms with E-state index in [0.717, 1.165) is 18.2 Å². The highest BCUT2D eigenvalue weighted by Crippen LogP contribution is 2.43. The van der Waals surface area contributed by atoms with Crippen LogP contribution in [0.5, 0.6) is 0 Å². The Morgan fingerprint density at radius 2 is 1.09 bits per heavy atom. The topological polar surface area (TPSA) is 78.9 Å². The number of carbonyl (C=O) groups excluding carboxylic acids is 3. The molecule has 0 fully saturated rings. The van der Waals surface area contributed by atoms with Crippen LogP contribution in [-0.2, 0) is 28.6 Å². The minimum atomic E-state index is -2.24. The van der Waals surface area contributed by atoms with Crippen molar-refractivity contribution in [3.8, 4) is 0 Å². The van der Waals surface area contributed by atoms with Gasteiger partial charge in [-0.25, -0.2) is 14.4 Å². The summed E-state index contributed by atoms with van der Waals surface area (Å²) >= 11 is 0. The van der Waals surface area contributed by atoms with Gasteiger partial charge in [-0.05, 0) is 19.8 Å². The second-order valence-corrected chi connectivity index (χ2v) is 4.70. The van der Waals surface area contributed by atoms with Crippen LogP contribution in [-0.4, -0.2) is 23.9 Å². The number of rotatable bonds is 9. The van der Waals surface area contributed by atoms with Crippen molar-refractivity contribution in [3.05, 3.63) is 38.0 Å². The Bertz CT molecular complexity index is 418. The highest BCUT2D eigenvalue weighted by Gasteiger charge is 2.57. The zero-order valence-electron chi connectivity index (χ0n) is 13.2. The normalized spacial score (nSPS) is 11.0. The van der Waals surface area contributed by atoms with Crippen LogP contribution < -0.4 is 0 Å². The van der Waals surface area contributed by atoms with Crippen molar-refractivity contribution in [3.63, 3.8) is 0 Å². The first-order chi connectivity index (χ1) is 10.2. The lowest BCUT2D eigenvalue weighted by molar-refractivity contribution is -0.373. The van der Waals surface area contributed by atoms with Crippen LogP contribution in [0.1, 0.15) is 33.6 Å². The van der Waals surface area contributed by atoms with E-state index < -0.39 is 29.3 Å². The fourth-order valence-corrected chi connectivity index (χ4v) is 1.64. The summed E-state index contributed by atoms with van der Waals surface area (Å²) in [6.45, 7) is 15.1. The zero-order chi connectivity index (χ0) is 17.4. The Hall–Kier alpha value is -2.37.